The fourth-order valence-electron chi connectivity index (χ4n) is 3.17. The molecule has 0 radical (unpaired) electrons. The molecule has 0 aromatic heterocycles. The van der Waals surface area contributed by atoms with Gasteiger partial charge in [-0.3, -0.25) is 0 Å². The Labute approximate surface area is 124 Å². The van der Waals surface area contributed by atoms with E-state index in [1.165, 1.54) is 38.0 Å². The zero-order chi connectivity index (χ0) is 14.4. The molecule has 0 saturated carbocycles. The van der Waals surface area contributed by atoms with Crippen LogP contribution in [0.2, 0.25) is 0 Å². The normalized spacial score (nSPS) is 19.4. The second kappa shape index (κ2) is 7.77. The molecule has 1 saturated heterocycles. The van der Waals surface area contributed by atoms with Gasteiger partial charge in [0, 0.05) is 19.1 Å². The van der Waals surface area contributed by atoms with Crippen LogP contribution in [-0.2, 0) is 0 Å². The molecular weight excluding hydrogens is 246 g/mol. The molecule has 1 aromatic rings. The van der Waals surface area contributed by atoms with Gasteiger partial charge in [0.25, 0.3) is 0 Å². The molecule has 0 spiro atoms. The van der Waals surface area contributed by atoms with Crippen molar-refractivity contribution in [3.05, 3.63) is 35.9 Å². The van der Waals surface area contributed by atoms with Gasteiger partial charge < -0.3 is 15.1 Å². The van der Waals surface area contributed by atoms with Gasteiger partial charge in [-0.15, -0.1) is 0 Å². The topological polar surface area (TPSA) is 18.5 Å². The lowest BCUT2D eigenvalue weighted by Crippen LogP contribution is -2.41. The third kappa shape index (κ3) is 4.58. The van der Waals surface area contributed by atoms with Crippen LogP contribution in [0.5, 0.6) is 0 Å². The van der Waals surface area contributed by atoms with Gasteiger partial charge in [-0.1, -0.05) is 30.3 Å². The van der Waals surface area contributed by atoms with Crippen molar-refractivity contribution in [2.24, 2.45) is 5.92 Å². The number of rotatable bonds is 6. The highest BCUT2D eigenvalue weighted by atomic mass is 15.2. The summed E-state index contributed by atoms with van der Waals surface area (Å²) < 4.78 is 0. The Hall–Kier alpha value is -0.900. The van der Waals surface area contributed by atoms with Crippen LogP contribution in [0.15, 0.2) is 30.3 Å². The predicted octanol–water partition coefficient (Wildman–Crippen LogP) is 2.22. The van der Waals surface area contributed by atoms with Crippen molar-refractivity contribution in [2.75, 3.05) is 47.3 Å². The number of benzene rings is 1. The predicted molar refractivity (Wildman–Crippen MR) is 86.0 cm³/mol. The van der Waals surface area contributed by atoms with Crippen molar-refractivity contribution in [3.8, 4) is 0 Å². The van der Waals surface area contributed by atoms with E-state index in [4.69, 9.17) is 0 Å². The van der Waals surface area contributed by atoms with Gasteiger partial charge in [0.1, 0.15) is 0 Å². The van der Waals surface area contributed by atoms with Crippen molar-refractivity contribution in [3.63, 3.8) is 0 Å². The fourth-order valence-corrected chi connectivity index (χ4v) is 3.17. The number of nitrogens with zero attached hydrogens (tertiary/aromatic N) is 2. The summed E-state index contributed by atoms with van der Waals surface area (Å²) in [5.74, 6) is 0.881. The van der Waals surface area contributed by atoms with Gasteiger partial charge in [-0.25, -0.2) is 0 Å². The summed E-state index contributed by atoms with van der Waals surface area (Å²) in [5.41, 5.74) is 1.39. The minimum Gasteiger partial charge on any atom is -0.312 e. The van der Waals surface area contributed by atoms with Crippen LogP contribution in [0.25, 0.3) is 0 Å². The van der Waals surface area contributed by atoms with Crippen LogP contribution < -0.4 is 5.32 Å². The Balaban J connectivity index is 1.82. The van der Waals surface area contributed by atoms with Gasteiger partial charge >= 0.3 is 0 Å². The van der Waals surface area contributed by atoms with Crippen LogP contribution in [0.1, 0.15) is 24.4 Å². The van der Waals surface area contributed by atoms with E-state index < -0.39 is 0 Å². The molecule has 0 amide bonds. The molecule has 1 unspecified atom stereocenters. The zero-order valence-corrected chi connectivity index (χ0v) is 13.2. The fraction of sp³-hybridized carbons (Fsp3) is 0.647. The quantitative estimate of drug-likeness (QED) is 0.859. The number of nitrogens with one attached hydrogen (secondary N) is 1. The van der Waals surface area contributed by atoms with Gasteiger partial charge in [0.05, 0.1) is 0 Å². The number of hydrogen-bond donors (Lipinski definition) is 1. The van der Waals surface area contributed by atoms with E-state index in [9.17, 15) is 0 Å². The first-order chi connectivity index (χ1) is 9.69. The third-order valence-electron chi connectivity index (χ3n) is 4.32. The second-order valence-corrected chi connectivity index (χ2v) is 6.26. The molecule has 3 heteroatoms. The van der Waals surface area contributed by atoms with Crippen molar-refractivity contribution in [1.82, 2.24) is 15.1 Å². The maximum Gasteiger partial charge on any atom is 0.0446 e. The minimum absolute atomic E-state index is 0.446. The molecule has 1 fully saturated rings. The molecule has 112 valence electrons. The smallest absolute Gasteiger partial charge is 0.0446 e. The summed E-state index contributed by atoms with van der Waals surface area (Å²) >= 11 is 0. The molecule has 1 aliphatic heterocycles. The van der Waals surface area contributed by atoms with E-state index in [1.54, 1.807) is 0 Å². The van der Waals surface area contributed by atoms with Crippen LogP contribution in [-0.4, -0.2) is 57.1 Å². The second-order valence-electron chi connectivity index (χ2n) is 6.26. The summed E-state index contributed by atoms with van der Waals surface area (Å²) in [7, 11) is 6.42. The minimum atomic E-state index is 0.446. The van der Waals surface area contributed by atoms with Crippen LogP contribution in [0.4, 0.5) is 0 Å². The third-order valence-corrected chi connectivity index (χ3v) is 4.32. The summed E-state index contributed by atoms with van der Waals surface area (Å²) in [4.78, 5) is 4.93. The van der Waals surface area contributed by atoms with Gasteiger partial charge in [0.15, 0.2) is 0 Å². The van der Waals surface area contributed by atoms with Crippen molar-refractivity contribution in [1.29, 1.82) is 0 Å². The van der Waals surface area contributed by atoms with E-state index in [0.717, 1.165) is 12.5 Å². The van der Waals surface area contributed by atoms with E-state index in [2.05, 4.69) is 66.6 Å². The highest BCUT2D eigenvalue weighted by Crippen LogP contribution is 2.21. The Morgan fingerprint density at radius 1 is 1.20 bits per heavy atom. The summed E-state index contributed by atoms with van der Waals surface area (Å²) in [6, 6.07) is 11.2. The SMILES string of the molecule is CNC(CN1CCC(CN(C)C)CC1)c1ccccc1. The highest BCUT2D eigenvalue weighted by molar-refractivity contribution is 5.19. The van der Waals surface area contributed by atoms with E-state index in [0.29, 0.717) is 6.04 Å². The maximum absolute atomic E-state index is 3.46. The van der Waals surface area contributed by atoms with Gasteiger partial charge in [-0.05, 0) is 58.6 Å². The molecule has 3 nitrogen and oxygen atoms in total. The molecule has 1 aromatic carbocycles. The maximum atomic E-state index is 3.46. The van der Waals surface area contributed by atoms with Gasteiger partial charge in [-0.2, -0.15) is 0 Å². The molecule has 1 aliphatic rings. The van der Waals surface area contributed by atoms with Crippen LogP contribution in [0.3, 0.4) is 0 Å². The molecule has 1 N–H and O–H groups in total. The number of hydrogen-bond acceptors (Lipinski definition) is 3. The molecular formula is C17H29N3. The number of piperidine rings is 1. The van der Waals surface area contributed by atoms with Crippen LogP contribution in [0, 0.1) is 5.92 Å². The average molecular weight is 275 g/mol. The first-order valence-corrected chi connectivity index (χ1v) is 7.78. The molecule has 1 heterocycles. The Morgan fingerprint density at radius 2 is 1.85 bits per heavy atom. The first-order valence-electron chi connectivity index (χ1n) is 7.78. The molecule has 1 atom stereocenters. The molecule has 0 bridgehead atoms. The number of likely N-dealkylation sites (N-methyl/N-ethyl adjacent to an activating group) is 1. The lowest BCUT2D eigenvalue weighted by atomic mass is 9.95. The average Bonchev–Trinajstić information content (AvgIpc) is 2.47. The van der Waals surface area contributed by atoms with Crippen LogP contribution >= 0.6 is 0 Å². The van der Waals surface area contributed by atoms with E-state index in [1.807, 2.05) is 0 Å². The zero-order valence-electron chi connectivity index (χ0n) is 13.2. The van der Waals surface area contributed by atoms with E-state index >= 15 is 0 Å². The standard InChI is InChI=1S/C17H29N3/c1-18-17(16-7-5-4-6-8-16)14-20-11-9-15(10-12-20)13-19(2)3/h4-8,15,17-18H,9-14H2,1-3H3. The molecule has 0 aliphatic carbocycles. The van der Waals surface area contributed by atoms with Crippen molar-refractivity contribution >= 4 is 0 Å². The Morgan fingerprint density at radius 3 is 2.40 bits per heavy atom. The first kappa shape index (κ1) is 15.5. The largest absolute Gasteiger partial charge is 0.312 e. The monoisotopic (exact) mass is 275 g/mol. The lowest BCUT2D eigenvalue weighted by Gasteiger charge is -2.35. The molecule has 2 rings (SSSR count). The van der Waals surface area contributed by atoms with Gasteiger partial charge in [0.2, 0.25) is 0 Å². The molecule has 20 heavy (non-hydrogen) atoms. The van der Waals surface area contributed by atoms with Crippen molar-refractivity contribution < 1.29 is 0 Å². The Kier molecular flexibility index (Phi) is 6.02. The summed E-state index contributed by atoms with van der Waals surface area (Å²) in [6.07, 6.45) is 2.67. The summed E-state index contributed by atoms with van der Waals surface area (Å²) in [6.45, 7) is 4.84. The van der Waals surface area contributed by atoms with E-state index in [-0.39, 0.29) is 0 Å². The number of likely N-dealkylation sites (tertiary alicyclic amines) is 1. The Bertz CT molecular complexity index is 369. The highest BCUT2D eigenvalue weighted by Gasteiger charge is 2.22. The summed E-state index contributed by atoms with van der Waals surface area (Å²) in [5, 5.41) is 3.46. The van der Waals surface area contributed by atoms with Crippen molar-refractivity contribution in [2.45, 2.75) is 18.9 Å². The lowest BCUT2D eigenvalue weighted by molar-refractivity contribution is 0.152.